The zero-order valence-corrected chi connectivity index (χ0v) is 13.5. The molecule has 1 fully saturated rings. The van der Waals surface area contributed by atoms with Crippen LogP contribution in [0, 0.1) is 0 Å². The van der Waals surface area contributed by atoms with Crippen LogP contribution in [0.3, 0.4) is 0 Å². The lowest BCUT2D eigenvalue weighted by molar-refractivity contribution is -0.0178. The number of likely N-dealkylation sites (tertiary alicyclic amines) is 1. The number of nitrogens with one attached hydrogen (secondary N) is 1. The first kappa shape index (κ1) is 15.6. The Kier molecular flexibility index (Phi) is 4.13. The summed E-state index contributed by atoms with van der Waals surface area (Å²) in [7, 11) is 1.61. The SMILES string of the molecule is COc1ccc([C@](C)(O)[C@@H]2CCCN2C(=O)c2ccc[nH]2)cc1. The lowest BCUT2D eigenvalue weighted by atomic mass is 9.86. The molecule has 1 saturated heterocycles. The molecular weight excluding hydrogens is 292 g/mol. The van der Waals surface area contributed by atoms with Gasteiger partial charge in [-0.3, -0.25) is 4.79 Å². The van der Waals surface area contributed by atoms with Crippen molar-refractivity contribution in [1.82, 2.24) is 9.88 Å². The number of aliphatic hydroxyl groups is 1. The van der Waals surface area contributed by atoms with Gasteiger partial charge in [0.2, 0.25) is 0 Å². The molecular formula is C18H22N2O3. The van der Waals surface area contributed by atoms with Gasteiger partial charge in [-0.1, -0.05) is 12.1 Å². The zero-order chi connectivity index (χ0) is 16.4. The van der Waals surface area contributed by atoms with Gasteiger partial charge in [-0.15, -0.1) is 0 Å². The van der Waals surface area contributed by atoms with Crippen LogP contribution >= 0.6 is 0 Å². The maximum Gasteiger partial charge on any atom is 0.270 e. The van der Waals surface area contributed by atoms with E-state index in [4.69, 9.17) is 4.74 Å². The first-order valence-electron chi connectivity index (χ1n) is 7.85. The van der Waals surface area contributed by atoms with Crippen LogP contribution in [0.5, 0.6) is 5.75 Å². The van der Waals surface area contributed by atoms with Crippen molar-refractivity contribution in [2.75, 3.05) is 13.7 Å². The third-order valence-electron chi connectivity index (χ3n) is 4.67. The molecule has 0 unspecified atom stereocenters. The molecule has 0 aliphatic carbocycles. The first-order chi connectivity index (χ1) is 11.0. The first-order valence-corrected chi connectivity index (χ1v) is 7.85. The second-order valence-electron chi connectivity index (χ2n) is 6.12. The number of hydrogen-bond donors (Lipinski definition) is 2. The number of benzene rings is 1. The molecule has 1 aliphatic heterocycles. The van der Waals surface area contributed by atoms with Gasteiger partial charge in [0.05, 0.1) is 13.2 Å². The average Bonchev–Trinajstić information content (AvgIpc) is 3.25. The standard InChI is InChI=1S/C18H22N2O3/c1-18(22,13-7-9-14(23-2)10-8-13)16-6-4-12-20(16)17(21)15-5-3-11-19-15/h3,5,7-11,16,19,22H,4,6,12H2,1-2H3/t16-,18-/m0/s1. The molecule has 2 atom stereocenters. The van der Waals surface area contributed by atoms with E-state index in [0.29, 0.717) is 12.2 Å². The number of carbonyl (C=O) groups excluding carboxylic acids is 1. The lowest BCUT2D eigenvalue weighted by Crippen LogP contribution is -2.48. The molecule has 0 radical (unpaired) electrons. The fourth-order valence-corrected chi connectivity index (χ4v) is 3.33. The van der Waals surface area contributed by atoms with Gasteiger partial charge >= 0.3 is 0 Å². The number of rotatable bonds is 4. The third-order valence-corrected chi connectivity index (χ3v) is 4.67. The van der Waals surface area contributed by atoms with Crippen molar-refractivity contribution in [3.05, 3.63) is 53.9 Å². The zero-order valence-electron chi connectivity index (χ0n) is 13.5. The molecule has 5 nitrogen and oxygen atoms in total. The van der Waals surface area contributed by atoms with Gasteiger partial charge in [-0.05, 0) is 49.6 Å². The summed E-state index contributed by atoms with van der Waals surface area (Å²) in [5, 5.41) is 11.1. The Morgan fingerprint density at radius 1 is 1.35 bits per heavy atom. The second kappa shape index (κ2) is 6.08. The normalized spacial score (nSPS) is 20.3. The van der Waals surface area contributed by atoms with Gasteiger partial charge in [0, 0.05) is 12.7 Å². The lowest BCUT2D eigenvalue weighted by Gasteiger charge is -2.36. The van der Waals surface area contributed by atoms with E-state index < -0.39 is 5.60 Å². The molecule has 2 aromatic rings. The fourth-order valence-electron chi connectivity index (χ4n) is 3.33. The number of ether oxygens (including phenoxy) is 1. The Bertz CT molecular complexity index is 662. The molecule has 2 N–H and O–H groups in total. The molecule has 3 rings (SSSR count). The number of methoxy groups -OCH3 is 1. The predicted molar refractivity (Wildman–Crippen MR) is 87.4 cm³/mol. The van der Waals surface area contributed by atoms with E-state index in [9.17, 15) is 9.90 Å². The summed E-state index contributed by atoms with van der Waals surface area (Å²) < 4.78 is 5.17. The fraction of sp³-hybridized carbons (Fsp3) is 0.389. The van der Waals surface area contributed by atoms with Gasteiger partial charge < -0.3 is 19.7 Å². The van der Waals surface area contributed by atoms with E-state index in [2.05, 4.69) is 4.98 Å². The minimum atomic E-state index is -1.11. The van der Waals surface area contributed by atoms with Crippen LogP contribution in [-0.2, 0) is 5.60 Å². The van der Waals surface area contributed by atoms with E-state index in [1.165, 1.54) is 0 Å². The molecule has 0 bridgehead atoms. The number of carbonyl (C=O) groups is 1. The predicted octanol–water partition coefficient (Wildman–Crippen LogP) is 2.54. The van der Waals surface area contributed by atoms with Crippen molar-refractivity contribution in [3.8, 4) is 5.75 Å². The van der Waals surface area contributed by atoms with Crippen molar-refractivity contribution in [2.24, 2.45) is 0 Å². The van der Waals surface area contributed by atoms with Crippen LogP contribution in [0.25, 0.3) is 0 Å². The molecule has 5 heteroatoms. The smallest absolute Gasteiger partial charge is 0.270 e. The summed E-state index contributed by atoms with van der Waals surface area (Å²) in [4.78, 5) is 17.4. The Balaban J connectivity index is 1.86. The van der Waals surface area contributed by atoms with Crippen LogP contribution in [0.1, 0.15) is 35.8 Å². The van der Waals surface area contributed by atoms with Crippen LogP contribution in [0.4, 0.5) is 0 Å². The summed E-state index contributed by atoms with van der Waals surface area (Å²) in [5.41, 5.74) is 0.238. The second-order valence-corrected chi connectivity index (χ2v) is 6.12. The highest BCUT2D eigenvalue weighted by Gasteiger charge is 2.42. The van der Waals surface area contributed by atoms with Crippen molar-refractivity contribution in [2.45, 2.75) is 31.4 Å². The summed E-state index contributed by atoms with van der Waals surface area (Å²) in [6.45, 7) is 2.44. The van der Waals surface area contributed by atoms with Crippen LogP contribution in [-0.4, -0.2) is 40.6 Å². The number of nitrogens with zero attached hydrogens (tertiary/aromatic N) is 1. The molecule has 1 amide bonds. The van der Waals surface area contributed by atoms with Crippen molar-refractivity contribution >= 4 is 5.91 Å². The van der Waals surface area contributed by atoms with Crippen LogP contribution in [0.2, 0.25) is 0 Å². The topological polar surface area (TPSA) is 65.6 Å². The van der Waals surface area contributed by atoms with Gasteiger partial charge in [0.15, 0.2) is 0 Å². The summed E-state index contributed by atoms with van der Waals surface area (Å²) in [6, 6.07) is 10.7. The van der Waals surface area contributed by atoms with Crippen LogP contribution in [0.15, 0.2) is 42.6 Å². The molecule has 1 aromatic heterocycles. The molecule has 122 valence electrons. The Hall–Kier alpha value is -2.27. The number of H-pyrrole nitrogens is 1. The maximum atomic E-state index is 12.7. The quantitative estimate of drug-likeness (QED) is 0.911. The largest absolute Gasteiger partial charge is 0.497 e. The summed E-state index contributed by atoms with van der Waals surface area (Å²) >= 11 is 0. The van der Waals surface area contributed by atoms with Crippen molar-refractivity contribution in [3.63, 3.8) is 0 Å². The monoisotopic (exact) mass is 314 g/mol. The van der Waals surface area contributed by atoms with Gasteiger partial charge in [-0.2, -0.15) is 0 Å². The van der Waals surface area contributed by atoms with E-state index in [-0.39, 0.29) is 11.9 Å². The molecule has 0 spiro atoms. The molecule has 2 heterocycles. The molecule has 1 aromatic carbocycles. The molecule has 0 saturated carbocycles. The van der Waals surface area contributed by atoms with E-state index >= 15 is 0 Å². The van der Waals surface area contributed by atoms with Gasteiger partial charge in [-0.25, -0.2) is 0 Å². The number of amides is 1. The molecule has 1 aliphatic rings. The highest BCUT2D eigenvalue weighted by molar-refractivity contribution is 5.92. The van der Waals surface area contributed by atoms with Gasteiger partial charge in [0.1, 0.15) is 17.0 Å². The minimum Gasteiger partial charge on any atom is -0.497 e. The molecule has 23 heavy (non-hydrogen) atoms. The van der Waals surface area contributed by atoms with Gasteiger partial charge in [0.25, 0.3) is 5.91 Å². The Morgan fingerprint density at radius 3 is 2.70 bits per heavy atom. The van der Waals surface area contributed by atoms with E-state index in [0.717, 1.165) is 24.2 Å². The third kappa shape index (κ3) is 2.84. The average molecular weight is 314 g/mol. The highest BCUT2D eigenvalue weighted by Crippen LogP contribution is 2.35. The number of hydrogen-bond acceptors (Lipinski definition) is 3. The van der Waals surface area contributed by atoms with Crippen molar-refractivity contribution in [1.29, 1.82) is 0 Å². The van der Waals surface area contributed by atoms with E-state index in [1.54, 1.807) is 37.3 Å². The number of aromatic amines is 1. The maximum absolute atomic E-state index is 12.7. The summed E-state index contributed by atoms with van der Waals surface area (Å²) in [5.74, 6) is 0.682. The van der Waals surface area contributed by atoms with Crippen LogP contribution < -0.4 is 4.74 Å². The Labute approximate surface area is 135 Å². The summed E-state index contributed by atoms with van der Waals surface area (Å²) in [6.07, 6.45) is 3.41. The van der Waals surface area contributed by atoms with Crippen molar-refractivity contribution < 1.29 is 14.6 Å². The minimum absolute atomic E-state index is 0.0636. The number of aromatic nitrogens is 1. The van der Waals surface area contributed by atoms with E-state index in [1.807, 2.05) is 24.3 Å². The Morgan fingerprint density at radius 2 is 2.09 bits per heavy atom. The highest BCUT2D eigenvalue weighted by atomic mass is 16.5.